The van der Waals surface area contributed by atoms with Crippen LogP contribution in [-0.2, 0) is 4.79 Å². The van der Waals surface area contributed by atoms with Crippen LogP contribution in [0.4, 0.5) is 4.39 Å². The number of carbonyl (C=O) groups is 1. The fourth-order valence-corrected chi connectivity index (χ4v) is 3.00. The van der Waals surface area contributed by atoms with Crippen LogP contribution in [0, 0.1) is 5.82 Å². The van der Waals surface area contributed by atoms with Crippen molar-refractivity contribution in [2.24, 2.45) is 0 Å². The number of benzene rings is 2. The highest BCUT2D eigenvalue weighted by molar-refractivity contribution is 5.85. The maximum atomic E-state index is 13.9. The first-order valence-electron chi connectivity index (χ1n) is 8.06. The molecule has 2 aromatic carbocycles. The number of amides is 1. The third kappa shape index (κ3) is 3.12. The number of carbonyl (C=O) groups excluding carboxylic acids is 1. The van der Waals surface area contributed by atoms with Crippen molar-refractivity contribution in [2.45, 2.75) is 31.4 Å². The van der Waals surface area contributed by atoms with E-state index in [-0.39, 0.29) is 18.1 Å². The van der Waals surface area contributed by atoms with E-state index in [1.54, 1.807) is 12.1 Å². The number of halogens is 1. The minimum atomic E-state index is -1.10. The van der Waals surface area contributed by atoms with E-state index in [9.17, 15) is 14.3 Å². The zero-order valence-electron chi connectivity index (χ0n) is 13.4. The maximum Gasteiger partial charge on any atom is 0.231 e. The summed E-state index contributed by atoms with van der Waals surface area (Å²) in [5.41, 5.74) is 1.03. The van der Waals surface area contributed by atoms with Crippen LogP contribution >= 0.6 is 0 Å². The van der Waals surface area contributed by atoms with Crippen molar-refractivity contribution in [2.75, 3.05) is 6.61 Å². The molecule has 126 valence electrons. The monoisotopic (exact) mass is 329 g/mol. The molecular weight excluding hydrogens is 309 g/mol. The molecule has 0 aromatic heterocycles. The van der Waals surface area contributed by atoms with Crippen LogP contribution in [0.25, 0.3) is 0 Å². The topological polar surface area (TPSA) is 58.6 Å². The van der Waals surface area contributed by atoms with E-state index in [0.717, 1.165) is 5.56 Å². The van der Waals surface area contributed by atoms with Crippen LogP contribution in [0.1, 0.15) is 36.5 Å². The van der Waals surface area contributed by atoms with Crippen molar-refractivity contribution in [1.82, 2.24) is 5.32 Å². The lowest BCUT2D eigenvalue weighted by Gasteiger charge is -2.25. The molecule has 0 aliphatic carbocycles. The number of ether oxygens (including phenoxy) is 1. The summed E-state index contributed by atoms with van der Waals surface area (Å²) in [6.45, 7) is 2.12. The molecule has 0 spiro atoms. The number of hydrogen-bond acceptors (Lipinski definition) is 3. The zero-order chi connectivity index (χ0) is 17.1. The van der Waals surface area contributed by atoms with Crippen LogP contribution in [-0.4, -0.2) is 23.7 Å². The van der Waals surface area contributed by atoms with Gasteiger partial charge in [-0.25, -0.2) is 4.39 Å². The Hall–Kier alpha value is -2.40. The molecule has 4 nitrogen and oxygen atoms in total. The fraction of sp³-hybridized carbons (Fsp3) is 0.316. The lowest BCUT2D eigenvalue weighted by Crippen LogP contribution is -2.42. The van der Waals surface area contributed by atoms with Gasteiger partial charge in [0.1, 0.15) is 30.2 Å². The Morgan fingerprint density at radius 1 is 1.29 bits per heavy atom. The number of para-hydroxylation sites is 1. The van der Waals surface area contributed by atoms with Gasteiger partial charge in [0.05, 0.1) is 6.04 Å². The second-order valence-electron chi connectivity index (χ2n) is 5.89. The van der Waals surface area contributed by atoms with Crippen LogP contribution in [0.2, 0.25) is 0 Å². The van der Waals surface area contributed by atoms with Crippen molar-refractivity contribution < 1.29 is 19.0 Å². The van der Waals surface area contributed by atoms with Gasteiger partial charge in [-0.2, -0.15) is 0 Å². The van der Waals surface area contributed by atoms with Crippen molar-refractivity contribution in [3.63, 3.8) is 0 Å². The van der Waals surface area contributed by atoms with Gasteiger partial charge in [0.25, 0.3) is 0 Å². The molecule has 3 rings (SSSR count). The van der Waals surface area contributed by atoms with E-state index in [2.05, 4.69) is 5.32 Å². The minimum Gasteiger partial charge on any atom is -0.492 e. The third-order valence-electron chi connectivity index (χ3n) is 4.39. The highest BCUT2D eigenvalue weighted by Crippen LogP contribution is 2.34. The summed E-state index contributed by atoms with van der Waals surface area (Å²) >= 11 is 0. The van der Waals surface area contributed by atoms with Crippen molar-refractivity contribution in [3.8, 4) is 5.75 Å². The van der Waals surface area contributed by atoms with Gasteiger partial charge in [0.2, 0.25) is 5.91 Å². The third-order valence-corrected chi connectivity index (χ3v) is 4.39. The lowest BCUT2D eigenvalue weighted by molar-refractivity contribution is -0.124. The molecule has 1 amide bonds. The molecule has 24 heavy (non-hydrogen) atoms. The molecule has 0 radical (unpaired) electrons. The summed E-state index contributed by atoms with van der Waals surface area (Å²) in [7, 11) is 0. The molecule has 2 aromatic rings. The molecule has 0 fully saturated rings. The molecule has 0 bridgehead atoms. The van der Waals surface area contributed by atoms with Gasteiger partial charge in [-0.05, 0) is 18.6 Å². The van der Waals surface area contributed by atoms with E-state index in [1.807, 2.05) is 31.2 Å². The number of aliphatic hydroxyl groups excluding tert-OH is 1. The standard InChI is InChI=1S/C19H20FNO3/c1-2-16(18(22)13-8-3-5-9-15(13)20)21-19(23)14-11-24-17-10-6-4-7-12(14)17/h3-10,14,16,18,22H,2,11H2,1H3,(H,21,23)/t14-,16-,18+/m0/s1. The fourth-order valence-electron chi connectivity index (χ4n) is 3.00. The first kappa shape index (κ1) is 16.5. The van der Waals surface area contributed by atoms with Gasteiger partial charge in [0.15, 0.2) is 0 Å². The Morgan fingerprint density at radius 2 is 2.00 bits per heavy atom. The Balaban J connectivity index is 1.74. The minimum absolute atomic E-state index is 0.188. The number of fused-ring (bicyclic) bond motifs is 1. The average molecular weight is 329 g/mol. The van der Waals surface area contributed by atoms with Crippen molar-refractivity contribution in [3.05, 3.63) is 65.5 Å². The first-order valence-corrected chi connectivity index (χ1v) is 8.06. The molecular formula is C19H20FNO3. The van der Waals surface area contributed by atoms with Gasteiger partial charge in [-0.1, -0.05) is 43.3 Å². The van der Waals surface area contributed by atoms with Crippen LogP contribution in [0.15, 0.2) is 48.5 Å². The van der Waals surface area contributed by atoms with Gasteiger partial charge in [-0.3, -0.25) is 4.79 Å². The molecule has 0 saturated carbocycles. The molecule has 2 N–H and O–H groups in total. The van der Waals surface area contributed by atoms with E-state index >= 15 is 0 Å². The predicted molar refractivity (Wildman–Crippen MR) is 88.3 cm³/mol. The van der Waals surface area contributed by atoms with Gasteiger partial charge >= 0.3 is 0 Å². The van der Waals surface area contributed by atoms with Crippen LogP contribution in [0.3, 0.4) is 0 Å². The average Bonchev–Trinajstić information content (AvgIpc) is 3.03. The van der Waals surface area contributed by atoms with Gasteiger partial charge in [0, 0.05) is 11.1 Å². The van der Waals surface area contributed by atoms with Gasteiger partial charge in [-0.15, -0.1) is 0 Å². The van der Waals surface area contributed by atoms with Crippen molar-refractivity contribution >= 4 is 5.91 Å². The largest absolute Gasteiger partial charge is 0.492 e. The molecule has 1 aliphatic rings. The zero-order valence-corrected chi connectivity index (χ0v) is 13.4. The molecule has 3 atom stereocenters. The smallest absolute Gasteiger partial charge is 0.231 e. The van der Waals surface area contributed by atoms with E-state index < -0.39 is 23.9 Å². The summed E-state index contributed by atoms with van der Waals surface area (Å²) in [4.78, 5) is 12.6. The second kappa shape index (κ2) is 7.01. The van der Waals surface area contributed by atoms with E-state index in [4.69, 9.17) is 4.74 Å². The summed E-state index contributed by atoms with van der Waals surface area (Å²) in [5, 5.41) is 13.3. The molecule has 0 saturated heterocycles. The first-order chi connectivity index (χ1) is 11.6. The Morgan fingerprint density at radius 3 is 2.75 bits per heavy atom. The predicted octanol–water partition coefficient (Wildman–Crippen LogP) is 2.93. The molecule has 5 heteroatoms. The number of aliphatic hydroxyl groups is 1. The van der Waals surface area contributed by atoms with Crippen LogP contribution in [0.5, 0.6) is 5.75 Å². The van der Waals surface area contributed by atoms with Gasteiger partial charge < -0.3 is 15.2 Å². The normalized spacial score (nSPS) is 18.4. The molecule has 0 unspecified atom stereocenters. The number of nitrogens with one attached hydrogen (secondary N) is 1. The van der Waals surface area contributed by atoms with Crippen LogP contribution < -0.4 is 10.1 Å². The van der Waals surface area contributed by atoms with Crippen molar-refractivity contribution in [1.29, 1.82) is 0 Å². The Labute approximate surface area is 140 Å². The summed E-state index contributed by atoms with van der Waals surface area (Å²) in [5.74, 6) is -0.405. The second-order valence-corrected chi connectivity index (χ2v) is 5.89. The maximum absolute atomic E-state index is 13.9. The Bertz CT molecular complexity index is 734. The molecule has 1 aliphatic heterocycles. The van der Waals surface area contributed by atoms with E-state index in [0.29, 0.717) is 12.2 Å². The summed E-state index contributed by atoms with van der Waals surface area (Å²) in [6, 6.07) is 12.9. The summed E-state index contributed by atoms with van der Waals surface area (Å²) < 4.78 is 19.4. The van der Waals surface area contributed by atoms with E-state index in [1.165, 1.54) is 12.1 Å². The Kier molecular flexibility index (Phi) is 4.81. The number of rotatable bonds is 5. The quantitative estimate of drug-likeness (QED) is 0.887. The highest BCUT2D eigenvalue weighted by Gasteiger charge is 2.32. The summed E-state index contributed by atoms with van der Waals surface area (Å²) in [6.07, 6.45) is -0.617. The number of hydrogen-bond donors (Lipinski definition) is 2. The SMILES string of the molecule is CC[C@H](NC(=O)[C@H]1COc2ccccc21)[C@H](O)c1ccccc1F. The lowest BCUT2D eigenvalue weighted by atomic mass is 9.96. The highest BCUT2D eigenvalue weighted by atomic mass is 19.1. The molecule has 1 heterocycles.